The van der Waals surface area contributed by atoms with Crippen LogP contribution in [0.2, 0.25) is 0 Å². The molecule has 0 radical (unpaired) electrons. The molecule has 0 bridgehead atoms. The van der Waals surface area contributed by atoms with Gasteiger partial charge in [0.25, 0.3) is 11.8 Å². The largest absolute Gasteiger partial charge is 0.476 e. The molecule has 4 aliphatic rings. The molecule has 6 heterocycles. The first-order valence-electron chi connectivity index (χ1n) is 15.6. The second-order valence-electron chi connectivity index (χ2n) is 12.3. The molecule has 47 heavy (non-hydrogen) atoms. The lowest BCUT2D eigenvalue weighted by Gasteiger charge is -2.22. The standard InChI is InChI=1S/C33H28Br2N6O6/c34-16-8-10-20-18(14-16)30(42)38-12-2-4-22(38)28-26(32(44)45)36-24(40(20)28)6-1-7-25-37-27(33(46)47)29-23-5-3-13-39(23)31(43)19-15-17(35)9-11-21(19)41(25)29/h8-11,14-15,22-23H,1-7,12-13H2,(H,44,45)(H,46,47)/t22-,23-/m0/s1. The second-order valence-corrected chi connectivity index (χ2v) is 14.1. The van der Waals surface area contributed by atoms with Gasteiger partial charge >= 0.3 is 11.9 Å². The summed E-state index contributed by atoms with van der Waals surface area (Å²) in [5.74, 6) is -1.58. The maximum atomic E-state index is 13.7. The van der Waals surface area contributed by atoms with E-state index in [-0.39, 0.29) is 23.2 Å². The summed E-state index contributed by atoms with van der Waals surface area (Å²) < 4.78 is 5.17. The lowest BCUT2D eigenvalue weighted by Crippen LogP contribution is -2.30. The molecule has 2 saturated heterocycles. The minimum absolute atomic E-state index is 0.0670. The minimum Gasteiger partial charge on any atom is -0.476 e. The number of benzene rings is 2. The second kappa shape index (κ2) is 11.2. The van der Waals surface area contributed by atoms with Gasteiger partial charge in [-0.1, -0.05) is 31.9 Å². The monoisotopic (exact) mass is 762 g/mol. The summed E-state index contributed by atoms with van der Waals surface area (Å²) >= 11 is 6.97. The number of hydrogen-bond donors (Lipinski definition) is 2. The number of hydrogen-bond acceptors (Lipinski definition) is 6. The van der Waals surface area contributed by atoms with E-state index in [1.165, 1.54) is 0 Å². The zero-order chi connectivity index (χ0) is 32.7. The average Bonchev–Trinajstić information content (AvgIpc) is 3.83. The molecule has 4 aromatic rings. The van der Waals surface area contributed by atoms with Crippen molar-refractivity contribution in [2.75, 3.05) is 13.1 Å². The first kappa shape index (κ1) is 30.1. The molecule has 8 rings (SSSR count). The number of amides is 2. The number of aromatic nitrogens is 4. The number of nitrogens with zero attached hydrogens (tertiary/aromatic N) is 6. The van der Waals surface area contributed by atoms with Crippen molar-refractivity contribution in [2.24, 2.45) is 0 Å². The van der Waals surface area contributed by atoms with Crippen LogP contribution >= 0.6 is 31.9 Å². The van der Waals surface area contributed by atoms with Crippen molar-refractivity contribution in [1.29, 1.82) is 0 Å². The van der Waals surface area contributed by atoms with Crippen LogP contribution in [-0.4, -0.2) is 76.0 Å². The minimum atomic E-state index is -1.15. The molecular weight excluding hydrogens is 736 g/mol. The Labute approximate surface area is 285 Å². The van der Waals surface area contributed by atoms with E-state index in [1.54, 1.807) is 21.9 Å². The molecule has 0 saturated carbocycles. The molecule has 2 aromatic heterocycles. The molecule has 2 fully saturated rings. The lowest BCUT2D eigenvalue weighted by atomic mass is 10.1. The molecule has 0 unspecified atom stereocenters. The van der Waals surface area contributed by atoms with Crippen LogP contribution in [0.1, 0.15) is 109 Å². The van der Waals surface area contributed by atoms with Crippen molar-refractivity contribution in [2.45, 2.75) is 57.0 Å². The first-order valence-corrected chi connectivity index (χ1v) is 17.1. The maximum absolute atomic E-state index is 13.7. The molecule has 240 valence electrons. The van der Waals surface area contributed by atoms with Gasteiger partial charge in [-0.3, -0.25) is 18.7 Å². The number of carbonyl (C=O) groups excluding carboxylic acids is 2. The summed E-state index contributed by atoms with van der Waals surface area (Å²) in [5.41, 5.74) is 2.98. The summed E-state index contributed by atoms with van der Waals surface area (Å²) in [7, 11) is 0. The summed E-state index contributed by atoms with van der Waals surface area (Å²) in [5, 5.41) is 20.5. The van der Waals surface area contributed by atoms with E-state index in [1.807, 2.05) is 33.4 Å². The Kier molecular flexibility index (Phi) is 7.13. The average molecular weight is 764 g/mol. The predicted octanol–water partition coefficient (Wildman–Crippen LogP) is 5.74. The number of halogens is 2. The topological polar surface area (TPSA) is 151 Å². The van der Waals surface area contributed by atoms with E-state index >= 15 is 0 Å². The smallest absolute Gasteiger partial charge is 0.356 e. The molecule has 14 heteroatoms. The van der Waals surface area contributed by atoms with Gasteiger partial charge in [-0.2, -0.15) is 0 Å². The van der Waals surface area contributed by atoms with Gasteiger partial charge in [-0.05, 0) is 68.5 Å². The van der Waals surface area contributed by atoms with Crippen LogP contribution in [0.25, 0.3) is 11.4 Å². The lowest BCUT2D eigenvalue weighted by molar-refractivity contribution is 0.0669. The fraction of sp³-hybridized carbons (Fsp3) is 0.333. The number of aryl methyl sites for hydroxylation is 2. The van der Waals surface area contributed by atoms with E-state index in [0.717, 1.165) is 21.8 Å². The number of carboxylic acid groups (broad SMARTS) is 2. The van der Waals surface area contributed by atoms with Gasteiger partial charge < -0.3 is 20.0 Å². The Bertz CT molecular complexity index is 1910. The SMILES string of the molecule is O=C(O)c1nc(CCCc2nc(C(=O)O)c3n2-c2ccc(Br)cc2C(=O)N2CCC[C@@H]32)n2c1[C@@H]1CCCN1C(=O)c1cc(Br)ccc1-2. The van der Waals surface area contributed by atoms with Crippen LogP contribution in [0.4, 0.5) is 0 Å². The molecule has 0 aliphatic carbocycles. The highest BCUT2D eigenvalue weighted by Gasteiger charge is 2.43. The molecule has 12 nitrogen and oxygen atoms in total. The Morgan fingerprint density at radius 2 is 1.15 bits per heavy atom. The molecule has 2 N–H and O–H groups in total. The van der Waals surface area contributed by atoms with E-state index in [2.05, 4.69) is 41.8 Å². The first-order chi connectivity index (χ1) is 22.6. The molecule has 2 atom stereocenters. The normalized spacial score (nSPS) is 19.4. The number of aromatic carboxylic acids is 2. The van der Waals surface area contributed by atoms with Gasteiger partial charge in [0.2, 0.25) is 0 Å². The van der Waals surface area contributed by atoms with Gasteiger partial charge in [0.15, 0.2) is 11.4 Å². The fourth-order valence-corrected chi connectivity index (χ4v) is 8.54. The summed E-state index contributed by atoms with van der Waals surface area (Å²) in [4.78, 5) is 65.3. The third-order valence-corrected chi connectivity index (χ3v) is 10.7. The van der Waals surface area contributed by atoms with Gasteiger partial charge in [-0.15, -0.1) is 0 Å². The van der Waals surface area contributed by atoms with Crippen molar-refractivity contribution >= 4 is 55.6 Å². The number of rotatable bonds is 6. The van der Waals surface area contributed by atoms with E-state index < -0.39 is 24.0 Å². The van der Waals surface area contributed by atoms with Crippen LogP contribution in [0.15, 0.2) is 45.3 Å². The van der Waals surface area contributed by atoms with Crippen molar-refractivity contribution in [3.8, 4) is 11.4 Å². The molecule has 2 aromatic carbocycles. The maximum Gasteiger partial charge on any atom is 0.356 e. The Balaban J connectivity index is 1.22. The predicted molar refractivity (Wildman–Crippen MR) is 174 cm³/mol. The summed E-state index contributed by atoms with van der Waals surface area (Å²) in [6, 6.07) is 9.99. The van der Waals surface area contributed by atoms with Crippen molar-refractivity contribution in [1.82, 2.24) is 28.9 Å². The van der Waals surface area contributed by atoms with Gasteiger partial charge in [-0.25, -0.2) is 19.6 Å². The summed E-state index contributed by atoms with van der Waals surface area (Å²) in [6.07, 6.45) is 3.91. The third kappa shape index (κ3) is 4.59. The number of fused-ring (bicyclic) bond motifs is 10. The van der Waals surface area contributed by atoms with Crippen LogP contribution in [0, 0.1) is 0 Å². The number of imidazole rings is 2. The highest BCUT2D eigenvalue weighted by molar-refractivity contribution is 9.10. The Morgan fingerprint density at radius 3 is 1.55 bits per heavy atom. The van der Waals surface area contributed by atoms with E-state index in [9.17, 15) is 29.4 Å². The fourth-order valence-electron chi connectivity index (χ4n) is 7.82. The zero-order valence-electron chi connectivity index (χ0n) is 24.9. The highest BCUT2D eigenvalue weighted by atomic mass is 79.9. The van der Waals surface area contributed by atoms with E-state index in [0.29, 0.717) is 90.7 Å². The summed E-state index contributed by atoms with van der Waals surface area (Å²) in [6.45, 7) is 1.07. The van der Waals surface area contributed by atoms with Gasteiger partial charge in [0, 0.05) is 34.9 Å². The van der Waals surface area contributed by atoms with Crippen LogP contribution in [0.3, 0.4) is 0 Å². The van der Waals surface area contributed by atoms with Crippen LogP contribution < -0.4 is 0 Å². The van der Waals surface area contributed by atoms with Crippen molar-refractivity contribution in [3.63, 3.8) is 0 Å². The Morgan fingerprint density at radius 1 is 0.723 bits per heavy atom. The quantitative estimate of drug-likeness (QED) is 0.253. The van der Waals surface area contributed by atoms with E-state index in [4.69, 9.17) is 0 Å². The van der Waals surface area contributed by atoms with Gasteiger partial charge in [0.1, 0.15) is 11.6 Å². The third-order valence-electron chi connectivity index (χ3n) is 9.69. The van der Waals surface area contributed by atoms with Crippen LogP contribution in [0.5, 0.6) is 0 Å². The van der Waals surface area contributed by atoms with Gasteiger partial charge in [0.05, 0.1) is 46.0 Å². The number of carbonyl (C=O) groups is 4. The highest BCUT2D eigenvalue weighted by Crippen LogP contribution is 2.43. The molecule has 2 amide bonds. The molecule has 0 spiro atoms. The van der Waals surface area contributed by atoms with Crippen molar-refractivity contribution < 1.29 is 29.4 Å². The zero-order valence-corrected chi connectivity index (χ0v) is 28.1. The van der Waals surface area contributed by atoms with Crippen LogP contribution in [-0.2, 0) is 12.8 Å². The molecule has 4 aliphatic heterocycles. The van der Waals surface area contributed by atoms with Crippen molar-refractivity contribution in [3.05, 3.63) is 90.9 Å². The Hall–Kier alpha value is -4.30. The number of carboxylic acids is 2. The molecular formula is C33H28Br2N6O6.